The molecule has 3 heterocycles. The largest absolute Gasteiger partial charge is 0.651 e. The maximum atomic E-state index is 11.2. The van der Waals surface area contributed by atoms with Crippen LogP contribution in [0.2, 0.25) is 0 Å². The summed E-state index contributed by atoms with van der Waals surface area (Å²) in [5.74, 6) is 1.01. The summed E-state index contributed by atoms with van der Waals surface area (Å²) >= 11 is 0. The highest BCUT2D eigenvalue weighted by Crippen LogP contribution is 2.70. The highest BCUT2D eigenvalue weighted by Gasteiger charge is 2.55. The van der Waals surface area contributed by atoms with Crippen LogP contribution >= 0.6 is 7.82 Å². The van der Waals surface area contributed by atoms with Gasteiger partial charge in [0.2, 0.25) is 0 Å². The molecule has 0 spiro atoms. The molecular weight excluding hydrogens is 227 g/mol. The van der Waals surface area contributed by atoms with E-state index in [0.29, 0.717) is 11.7 Å². The van der Waals surface area contributed by atoms with Crippen LogP contribution in [0.25, 0.3) is 0 Å². The van der Waals surface area contributed by atoms with E-state index in [2.05, 4.69) is 6.92 Å². The quantitative estimate of drug-likeness (QED) is 0.468. The normalized spacial score (nSPS) is 19.8. The lowest BCUT2D eigenvalue weighted by molar-refractivity contribution is 0.0985. The van der Waals surface area contributed by atoms with Gasteiger partial charge in [0.1, 0.15) is 0 Å². The number of rotatable bonds is 8. The van der Waals surface area contributed by atoms with Crippen LogP contribution in [0.5, 0.6) is 0 Å². The van der Waals surface area contributed by atoms with E-state index >= 15 is 0 Å². The summed E-state index contributed by atoms with van der Waals surface area (Å²) in [6.45, 7) is 2.22. The molecule has 0 aromatic carbocycles. The van der Waals surface area contributed by atoms with Crippen LogP contribution in [0.4, 0.5) is 0 Å². The molecule has 0 amide bonds. The van der Waals surface area contributed by atoms with E-state index in [1.54, 1.807) is 0 Å². The topological polar surface area (TPSA) is 44.8 Å². The SMILES string of the molecule is CCCCCCCCCC1=C2OP(=O)(O1)O2. The molecule has 92 valence electrons. The van der Waals surface area contributed by atoms with Gasteiger partial charge in [-0.3, -0.25) is 0 Å². The fourth-order valence-electron chi connectivity index (χ4n) is 1.91. The molecule has 0 aliphatic carbocycles. The molecular formula is C11H19O4P. The summed E-state index contributed by atoms with van der Waals surface area (Å²) in [5.41, 5.74) is 0. The van der Waals surface area contributed by atoms with E-state index < -0.39 is 7.82 Å². The molecule has 0 atom stereocenters. The van der Waals surface area contributed by atoms with Crippen LogP contribution in [0.15, 0.2) is 11.7 Å². The summed E-state index contributed by atoms with van der Waals surface area (Å²) in [7, 11) is -3.10. The number of fused-ring (bicyclic) bond motifs is 1. The Bertz CT molecular complexity index is 312. The van der Waals surface area contributed by atoms with E-state index in [9.17, 15) is 4.57 Å². The first-order chi connectivity index (χ1) is 7.73. The molecule has 0 saturated carbocycles. The minimum absolute atomic E-state index is 0.356. The van der Waals surface area contributed by atoms with Gasteiger partial charge in [0.05, 0.1) is 0 Å². The first kappa shape index (κ1) is 11.8. The molecule has 4 nitrogen and oxygen atoms in total. The number of hydrogen-bond donors (Lipinski definition) is 0. The Labute approximate surface area is 96.6 Å². The smallest absolute Gasteiger partial charge is 0.383 e. The average Bonchev–Trinajstić information content (AvgIpc) is 2.69. The standard InChI is InChI=1S/C11H19O4P/c1-2-3-4-5-6-7-8-9-10-11-14-16(12,13-10)15-11/h2-9H2,1H3. The summed E-state index contributed by atoms with van der Waals surface area (Å²) in [6, 6.07) is 0. The highest BCUT2D eigenvalue weighted by atomic mass is 31.2. The zero-order valence-corrected chi connectivity index (χ0v) is 10.6. The molecule has 0 radical (unpaired) electrons. The monoisotopic (exact) mass is 246 g/mol. The van der Waals surface area contributed by atoms with Crippen molar-refractivity contribution in [1.29, 1.82) is 0 Å². The molecule has 1 saturated heterocycles. The Morgan fingerprint density at radius 2 is 1.56 bits per heavy atom. The van der Waals surface area contributed by atoms with Crippen molar-refractivity contribution in [3.05, 3.63) is 11.7 Å². The molecule has 3 aliphatic rings. The van der Waals surface area contributed by atoms with Crippen LogP contribution in [0.3, 0.4) is 0 Å². The Hall–Kier alpha value is -0.630. The van der Waals surface area contributed by atoms with E-state index in [1.165, 1.54) is 38.5 Å². The second kappa shape index (κ2) is 5.13. The molecule has 1 fully saturated rings. The van der Waals surface area contributed by atoms with Crippen LogP contribution in [0.1, 0.15) is 58.3 Å². The van der Waals surface area contributed by atoms with E-state index in [-0.39, 0.29) is 0 Å². The second-order valence-electron chi connectivity index (χ2n) is 4.30. The second-order valence-corrected chi connectivity index (χ2v) is 5.75. The first-order valence-electron chi connectivity index (χ1n) is 6.15. The van der Waals surface area contributed by atoms with Gasteiger partial charge < -0.3 is 13.6 Å². The number of unbranched alkanes of at least 4 members (excludes halogenated alkanes) is 6. The lowest BCUT2D eigenvalue weighted by atomic mass is 10.1. The molecule has 0 aromatic rings. The van der Waals surface area contributed by atoms with Crippen molar-refractivity contribution >= 4 is 7.82 Å². The van der Waals surface area contributed by atoms with Crippen LogP contribution in [-0.2, 0) is 18.1 Å². The third-order valence-electron chi connectivity index (χ3n) is 2.85. The van der Waals surface area contributed by atoms with Crippen molar-refractivity contribution in [3.8, 4) is 0 Å². The van der Waals surface area contributed by atoms with Crippen molar-refractivity contribution in [2.24, 2.45) is 0 Å². The van der Waals surface area contributed by atoms with Gasteiger partial charge in [-0.15, -0.1) is 0 Å². The van der Waals surface area contributed by atoms with Crippen LogP contribution in [-0.4, -0.2) is 0 Å². The van der Waals surface area contributed by atoms with Gasteiger partial charge in [-0.25, -0.2) is 0 Å². The van der Waals surface area contributed by atoms with Crippen LogP contribution < -0.4 is 0 Å². The number of phosphoric ester groups is 1. The zero-order chi connectivity index (χ0) is 11.4. The van der Waals surface area contributed by atoms with Crippen molar-refractivity contribution in [1.82, 2.24) is 0 Å². The van der Waals surface area contributed by atoms with Gasteiger partial charge in [-0.05, 0) is 6.42 Å². The van der Waals surface area contributed by atoms with Gasteiger partial charge in [0.15, 0.2) is 5.76 Å². The van der Waals surface area contributed by atoms with E-state index in [1.807, 2.05) is 0 Å². The molecule has 5 heteroatoms. The summed E-state index contributed by atoms with van der Waals surface area (Å²) in [4.78, 5) is 0. The predicted octanol–water partition coefficient (Wildman–Crippen LogP) is 4.48. The molecule has 3 rings (SSSR count). The number of allylic oxidation sites excluding steroid dienone is 1. The average molecular weight is 246 g/mol. The maximum Gasteiger partial charge on any atom is 0.651 e. The third kappa shape index (κ3) is 2.73. The van der Waals surface area contributed by atoms with Crippen LogP contribution in [0, 0.1) is 0 Å². The zero-order valence-electron chi connectivity index (χ0n) is 9.74. The Morgan fingerprint density at radius 3 is 2.12 bits per heavy atom. The minimum atomic E-state index is -3.10. The summed E-state index contributed by atoms with van der Waals surface area (Å²) in [6.07, 6.45) is 9.56. The van der Waals surface area contributed by atoms with Gasteiger partial charge in [-0.1, -0.05) is 45.4 Å². The predicted molar refractivity (Wildman–Crippen MR) is 60.5 cm³/mol. The third-order valence-corrected chi connectivity index (χ3v) is 4.07. The Balaban J connectivity index is 1.50. The first-order valence-corrected chi connectivity index (χ1v) is 7.61. The van der Waals surface area contributed by atoms with Gasteiger partial charge in [-0.2, -0.15) is 4.57 Å². The molecule has 0 unspecified atom stereocenters. The molecule has 0 aromatic heterocycles. The van der Waals surface area contributed by atoms with E-state index in [4.69, 9.17) is 13.6 Å². The van der Waals surface area contributed by atoms with Crippen molar-refractivity contribution in [2.75, 3.05) is 0 Å². The molecule has 0 N–H and O–H groups in total. The number of hydrogen-bond acceptors (Lipinski definition) is 4. The molecule has 2 bridgehead atoms. The van der Waals surface area contributed by atoms with Crippen molar-refractivity contribution in [3.63, 3.8) is 0 Å². The van der Waals surface area contributed by atoms with Gasteiger partial charge >= 0.3 is 13.8 Å². The van der Waals surface area contributed by atoms with Crippen molar-refractivity contribution < 1.29 is 18.1 Å². The lowest BCUT2D eigenvalue weighted by Crippen LogP contribution is -1.99. The van der Waals surface area contributed by atoms with Gasteiger partial charge in [0.25, 0.3) is 0 Å². The highest BCUT2D eigenvalue weighted by molar-refractivity contribution is 7.50. The lowest BCUT2D eigenvalue weighted by Gasteiger charge is -2.15. The van der Waals surface area contributed by atoms with E-state index in [0.717, 1.165) is 12.8 Å². The maximum absolute atomic E-state index is 11.2. The number of phosphoric acid groups is 1. The molecule has 16 heavy (non-hydrogen) atoms. The minimum Gasteiger partial charge on any atom is -0.383 e. The fraction of sp³-hybridized carbons (Fsp3) is 0.818. The van der Waals surface area contributed by atoms with Gasteiger partial charge in [0, 0.05) is 6.42 Å². The Morgan fingerprint density at radius 1 is 0.938 bits per heavy atom. The molecule has 3 aliphatic heterocycles. The summed E-state index contributed by atoms with van der Waals surface area (Å²) < 4.78 is 25.9. The Kier molecular flexibility index (Phi) is 3.80. The fourth-order valence-corrected chi connectivity index (χ4v) is 3.05. The summed E-state index contributed by atoms with van der Waals surface area (Å²) in [5, 5.41) is 0. The van der Waals surface area contributed by atoms with Crippen molar-refractivity contribution in [2.45, 2.75) is 58.3 Å².